The highest BCUT2D eigenvalue weighted by Gasteiger charge is 2.41. The van der Waals surface area contributed by atoms with Gasteiger partial charge in [0.15, 0.2) is 0 Å². The molecular formula is C18H24ClNO4. The van der Waals surface area contributed by atoms with Crippen molar-refractivity contribution in [3.05, 3.63) is 34.9 Å². The summed E-state index contributed by atoms with van der Waals surface area (Å²) in [6, 6.07) is 6.82. The normalized spacial score (nSPS) is 19.0. The van der Waals surface area contributed by atoms with Gasteiger partial charge in [-0.1, -0.05) is 23.7 Å². The zero-order valence-corrected chi connectivity index (χ0v) is 15.3. The van der Waals surface area contributed by atoms with Crippen molar-refractivity contribution in [3.63, 3.8) is 0 Å². The third kappa shape index (κ3) is 4.41. The van der Waals surface area contributed by atoms with E-state index in [1.54, 1.807) is 23.1 Å². The van der Waals surface area contributed by atoms with E-state index in [9.17, 15) is 9.59 Å². The lowest BCUT2D eigenvalue weighted by Gasteiger charge is -2.32. The zero-order valence-electron chi connectivity index (χ0n) is 14.5. The number of hydrogen-bond donors (Lipinski definition) is 0. The molecule has 2 atom stereocenters. The van der Waals surface area contributed by atoms with Gasteiger partial charge >= 0.3 is 12.1 Å². The van der Waals surface area contributed by atoms with Crippen LogP contribution in [-0.2, 0) is 14.3 Å². The highest BCUT2D eigenvalue weighted by molar-refractivity contribution is 6.30. The molecule has 0 saturated carbocycles. The molecule has 0 N–H and O–H groups in total. The topological polar surface area (TPSA) is 55.8 Å². The third-order valence-corrected chi connectivity index (χ3v) is 4.21. The van der Waals surface area contributed by atoms with Gasteiger partial charge < -0.3 is 14.4 Å². The molecule has 1 saturated heterocycles. The van der Waals surface area contributed by atoms with Crippen LogP contribution < -0.4 is 0 Å². The maximum Gasteiger partial charge on any atom is 0.410 e. The Bertz CT molecular complexity index is 611. The molecule has 1 heterocycles. The van der Waals surface area contributed by atoms with Gasteiger partial charge in [-0.05, 0) is 51.3 Å². The number of amides is 1. The molecular weight excluding hydrogens is 330 g/mol. The molecule has 2 unspecified atom stereocenters. The van der Waals surface area contributed by atoms with Gasteiger partial charge in [-0.15, -0.1) is 0 Å². The summed E-state index contributed by atoms with van der Waals surface area (Å²) in [5.41, 5.74) is 0.163. The minimum Gasteiger partial charge on any atom is -0.468 e. The number of hydrogen-bond acceptors (Lipinski definition) is 4. The number of nitrogens with zero attached hydrogens (tertiary/aromatic N) is 1. The van der Waals surface area contributed by atoms with Gasteiger partial charge in [0.25, 0.3) is 0 Å². The van der Waals surface area contributed by atoms with Crippen molar-refractivity contribution in [2.24, 2.45) is 0 Å². The first-order valence-electron chi connectivity index (χ1n) is 8.06. The minimum atomic E-state index is -0.582. The van der Waals surface area contributed by atoms with Crippen LogP contribution in [0.3, 0.4) is 0 Å². The number of methoxy groups -OCH3 is 1. The van der Waals surface area contributed by atoms with Crippen LogP contribution in [0.15, 0.2) is 24.3 Å². The van der Waals surface area contributed by atoms with Crippen molar-refractivity contribution in [1.82, 2.24) is 4.90 Å². The highest BCUT2D eigenvalue weighted by atomic mass is 35.5. The number of rotatable bonds is 3. The third-order valence-electron chi connectivity index (χ3n) is 3.97. The molecule has 0 aliphatic carbocycles. The summed E-state index contributed by atoms with van der Waals surface area (Å²) in [4.78, 5) is 26.6. The molecule has 0 radical (unpaired) electrons. The van der Waals surface area contributed by atoms with Gasteiger partial charge in [0.2, 0.25) is 0 Å². The minimum absolute atomic E-state index is 0.300. The van der Waals surface area contributed by atoms with Crippen molar-refractivity contribution in [1.29, 1.82) is 0 Å². The van der Waals surface area contributed by atoms with Gasteiger partial charge in [0.1, 0.15) is 11.5 Å². The van der Waals surface area contributed by atoms with Crippen molar-refractivity contribution in [3.8, 4) is 0 Å². The van der Waals surface area contributed by atoms with E-state index in [1.807, 2.05) is 26.8 Å². The Morgan fingerprint density at radius 3 is 2.62 bits per heavy atom. The van der Waals surface area contributed by atoms with Crippen LogP contribution in [0, 0.1) is 0 Å². The first-order chi connectivity index (χ1) is 11.2. The molecule has 0 spiro atoms. The maximum absolute atomic E-state index is 12.5. The standard InChI is InChI=1S/C18H24ClNO4/c1-18(2,3)24-17(22)20-10-6-9-14(20)15(16(21)23-4)12-7-5-8-13(19)11-12/h5,7-8,11,14-15H,6,9-10H2,1-4H3. The van der Waals surface area contributed by atoms with Gasteiger partial charge in [-0.25, -0.2) is 4.79 Å². The average Bonchev–Trinajstić information content (AvgIpc) is 2.95. The van der Waals surface area contributed by atoms with Crippen LogP contribution in [0.25, 0.3) is 0 Å². The van der Waals surface area contributed by atoms with E-state index in [-0.39, 0.29) is 12.0 Å². The Labute approximate surface area is 147 Å². The summed E-state index contributed by atoms with van der Waals surface area (Å²) in [6.07, 6.45) is 1.13. The molecule has 132 valence electrons. The molecule has 0 bridgehead atoms. The predicted octanol–water partition coefficient (Wildman–Crippen LogP) is 4.00. The summed E-state index contributed by atoms with van der Waals surface area (Å²) in [7, 11) is 1.35. The first-order valence-corrected chi connectivity index (χ1v) is 8.43. The number of esters is 1. The van der Waals surface area contributed by atoms with Gasteiger partial charge in [-0.2, -0.15) is 0 Å². The van der Waals surface area contributed by atoms with Crippen LogP contribution in [0.1, 0.15) is 45.1 Å². The molecule has 1 aromatic rings. The molecule has 2 rings (SSSR count). The molecule has 1 aromatic carbocycles. The molecule has 0 aromatic heterocycles. The second-order valence-electron chi connectivity index (χ2n) is 6.94. The summed E-state index contributed by atoms with van der Waals surface area (Å²) in [6.45, 7) is 6.04. The summed E-state index contributed by atoms with van der Waals surface area (Å²) in [5, 5.41) is 0.545. The fourth-order valence-corrected chi connectivity index (χ4v) is 3.23. The number of carbonyl (C=O) groups is 2. The number of likely N-dealkylation sites (tertiary alicyclic amines) is 1. The van der Waals surface area contributed by atoms with Crippen molar-refractivity contribution in [2.45, 2.75) is 51.2 Å². The SMILES string of the molecule is COC(=O)C(c1cccc(Cl)c1)C1CCCN1C(=O)OC(C)(C)C. The lowest BCUT2D eigenvalue weighted by Crippen LogP contribution is -2.44. The molecule has 24 heavy (non-hydrogen) atoms. The number of halogens is 1. The smallest absolute Gasteiger partial charge is 0.410 e. The van der Waals surface area contributed by atoms with Crippen LogP contribution in [0.4, 0.5) is 4.79 Å². The van der Waals surface area contributed by atoms with E-state index in [0.29, 0.717) is 18.0 Å². The Balaban J connectivity index is 2.31. The Morgan fingerprint density at radius 1 is 1.33 bits per heavy atom. The second-order valence-corrected chi connectivity index (χ2v) is 7.38. The van der Waals surface area contributed by atoms with Gasteiger partial charge in [-0.3, -0.25) is 4.79 Å². The summed E-state index contributed by atoms with van der Waals surface area (Å²) >= 11 is 6.07. The van der Waals surface area contributed by atoms with Crippen LogP contribution in [0.2, 0.25) is 5.02 Å². The first kappa shape index (κ1) is 18.6. The largest absolute Gasteiger partial charge is 0.468 e. The van der Waals surface area contributed by atoms with Crippen LogP contribution in [0.5, 0.6) is 0 Å². The van der Waals surface area contributed by atoms with Crippen molar-refractivity contribution in [2.75, 3.05) is 13.7 Å². The fourth-order valence-electron chi connectivity index (χ4n) is 3.03. The lowest BCUT2D eigenvalue weighted by molar-refractivity contribution is -0.143. The Kier molecular flexibility index (Phi) is 5.75. The molecule has 1 amide bonds. The Hall–Kier alpha value is -1.75. The number of carbonyl (C=O) groups excluding carboxylic acids is 2. The van der Waals surface area contributed by atoms with Crippen molar-refractivity contribution >= 4 is 23.7 Å². The van der Waals surface area contributed by atoms with E-state index >= 15 is 0 Å². The number of benzene rings is 1. The zero-order chi connectivity index (χ0) is 17.9. The van der Waals surface area contributed by atoms with Crippen LogP contribution >= 0.6 is 11.6 Å². The number of ether oxygens (including phenoxy) is 2. The maximum atomic E-state index is 12.5. The van der Waals surface area contributed by atoms with E-state index in [4.69, 9.17) is 21.1 Å². The van der Waals surface area contributed by atoms with E-state index in [1.165, 1.54) is 7.11 Å². The second kappa shape index (κ2) is 7.43. The molecule has 1 aliphatic rings. The predicted molar refractivity (Wildman–Crippen MR) is 92.2 cm³/mol. The van der Waals surface area contributed by atoms with Crippen molar-refractivity contribution < 1.29 is 19.1 Å². The monoisotopic (exact) mass is 353 g/mol. The van der Waals surface area contributed by atoms with Gasteiger partial charge in [0.05, 0.1) is 13.2 Å². The fraction of sp³-hybridized carbons (Fsp3) is 0.556. The average molecular weight is 354 g/mol. The molecule has 6 heteroatoms. The van der Waals surface area contributed by atoms with E-state index < -0.39 is 17.6 Å². The lowest BCUT2D eigenvalue weighted by atomic mass is 9.90. The van der Waals surface area contributed by atoms with E-state index in [0.717, 1.165) is 12.0 Å². The molecule has 5 nitrogen and oxygen atoms in total. The quantitative estimate of drug-likeness (QED) is 0.771. The summed E-state index contributed by atoms with van der Waals surface area (Å²) in [5.74, 6) is -0.957. The highest BCUT2D eigenvalue weighted by Crippen LogP contribution is 2.34. The van der Waals surface area contributed by atoms with Crippen LogP contribution in [-0.4, -0.2) is 42.3 Å². The Morgan fingerprint density at radius 2 is 2.04 bits per heavy atom. The molecule has 1 aliphatic heterocycles. The van der Waals surface area contributed by atoms with E-state index in [2.05, 4.69) is 0 Å². The molecule has 1 fully saturated rings. The van der Waals surface area contributed by atoms with Gasteiger partial charge in [0, 0.05) is 11.6 Å². The summed E-state index contributed by atoms with van der Waals surface area (Å²) < 4.78 is 10.5.